The van der Waals surface area contributed by atoms with Crippen molar-refractivity contribution in [2.45, 2.75) is 30.4 Å². The number of pyridine rings is 1. The fraction of sp³-hybridized carbons (Fsp3) is 0.400. The largest absolute Gasteiger partial charge is 0.485 e. The van der Waals surface area contributed by atoms with E-state index in [1.165, 1.54) is 0 Å². The molecular weight excluding hydrogens is 364 g/mol. The lowest BCUT2D eigenvalue weighted by Gasteiger charge is -2.32. The minimum atomic E-state index is -4.15. The second-order valence-corrected chi connectivity index (χ2v) is 7.50. The Labute approximate surface area is 148 Å². The molecular formula is C15H18N4O6S. The highest BCUT2D eigenvalue weighted by Crippen LogP contribution is 2.18. The Bertz CT molecular complexity index is 982. The second-order valence-electron chi connectivity index (χ2n) is 5.82. The number of nitrogens with zero attached hydrogens (tertiary/aromatic N) is 1. The number of hydrogen-bond donors (Lipinski definition) is 3. The van der Waals surface area contributed by atoms with Crippen molar-refractivity contribution >= 4 is 10.0 Å². The van der Waals surface area contributed by atoms with Gasteiger partial charge < -0.3 is 14.5 Å². The molecule has 0 spiro atoms. The maximum Gasteiger partial charge on any atom is 0.325 e. The van der Waals surface area contributed by atoms with E-state index in [0.29, 0.717) is 18.8 Å². The maximum absolute atomic E-state index is 12.5. The van der Waals surface area contributed by atoms with Crippen molar-refractivity contribution in [1.29, 1.82) is 0 Å². The van der Waals surface area contributed by atoms with Crippen molar-refractivity contribution in [2.24, 2.45) is 0 Å². The molecule has 11 heteroatoms. The molecule has 3 rings (SSSR count). The van der Waals surface area contributed by atoms with E-state index in [-0.39, 0.29) is 6.61 Å². The highest BCUT2D eigenvalue weighted by Gasteiger charge is 2.33. The molecule has 0 saturated carbocycles. The van der Waals surface area contributed by atoms with Gasteiger partial charge in [-0.05, 0) is 25.5 Å². The first-order valence-corrected chi connectivity index (χ1v) is 9.35. The van der Waals surface area contributed by atoms with Crippen LogP contribution in [0.5, 0.6) is 5.75 Å². The van der Waals surface area contributed by atoms with Crippen LogP contribution in [0.3, 0.4) is 0 Å². The van der Waals surface area contributed by atoms with Crippen molar-refractivity contribution < 1.29 is 17.9 Å². The molecule has 0 unspecified atom stereocenters. The Balaban J connectivity index is 1.80. The third-order valence-corrected chi connectivity index (χ3v) is 5.35. The second kappa shape index (κ2) is 7.40. The molecule has 0 bridgehead atoms. The Morgan fingerprint density at radius 1 is 1.35 bits per heavy atom. The van der Waals surface area contributed by atoms with Crippen molar-refractivity contribution in [3.63, 3.8) is 0 Å². The van der Waals surface area contributed by atoms with Crippen LogP contribution in [-0.2, 0) is 14.8 Å². The molecule has 3 N–H and O–H groups in total. The minimum absolute atomic E-state index is 0.184. The van der Waals surface area contributed by atoms with E-state index < -0.39 is 38.3 Å². The van der Waals surface area contributed by atoms with Crippen LogP contribution >= 0.6 is 0 Å². The molecule has 0 amide bonds. The number of rotatable bonds is 5. The van der Waals surface area contributed by atoms with Gasteiger partial charge in [0.15, 0.2) is 4.90 Å². The van der Waals surface area contributed by atoms with Gasteiger partial charge in [-0.1, -0.05) is 0 Å². The maximum atomic E-state index is 12.5. The predicted octanol–water partition coefficient (Wildman–Crippen LogP) is -0.719. The average molecular weight is 382 g/mol. The molecule has 2 aromatic rings. The van der Waals surface area contributed by atoms with E-state index in [4.69, 9.17) is 9.47 Å². The van der Waals surface area contributed by atoms with Crippen molar-refractivity contribution in [1.82, 2.24) is 19.7 Å². The van der Waals surface area contributed by atoms with Crippen LogP contribution in [0.25, 0.3) is 0 Å². The molecule has 0 aliphatic carbocycles. The summed E-state index contributed by atoms with van der Waals surface area (Å²) in [6.45, 7) is 2.37. The van der Waals surface area contributed by atoms with E-state index in [1.807, 2.05) is 11.9 Å². The zero-order valence-electron chi connectivity index (χ0n) is 13.9. The lowest BCUT2D eigenvalue weighted by Crippen LogP contribution is -2.52. The van der Waals surface area contributed by atoms with Gasteiger partial charge in [0.25, 0.3) is 5.56 Å². The zero-order chi connectivity index (χ0) is 18.7. The topological polar surface area (TPSA) is 143 Å². The van der Waals surface area contributed by atoms with Gasteiger partial charge in [-0.25, -0.2) is 17.9 Å². The van der Waals surface area contributed by atoms with E-state index in [9.17, 15) is 18.0 Å². The van der Waals surface area contributed by atoms with Gasteiger partial charge in [0.05, 0.1) is 18.8 Å². The van der Waals surface area contributed by atoms with Crippen LogP contribution in [0.15, 0.2) is 39.0 Å². The number of H-pyrrole nitrogens is 2. The van der Waals surface area contributed by atoms with Gasteiger partial charge in [-0.3, -0.25) is 14.8 Å². The number of hydrogen-bond acceptors (Lipinski definition) is 7. The fourth-order valence-electron chi connectivity index (χ4n) is 2.52. The number of aromatic amines is 2. The predicted molar refractivity (Wildman–Crippen MR) is 90.6 cm³/mol. The Kier molecular flexibility index (Phi) is 5.20. The monoisotopic (exact) mass is 382 g/mol. The smallest absolute Gasteiger partial charge is 0.325 e. The molecule has 140 valence electrons. The van der Waals surface area contributed by atoms with Crippen LogP contribution in [0.1, 0.15) is 12.1 Å². The molecule has 1 aliphatic heterocycles. The quantitative estimate of drug-likeness (QED) is 0.619. The molecule has 10 nitrogen and oxygen atoms in total. The Morgan fingerprint density at radius 3 is 2.85 bits per heavy atom. The number of aromatic nitrogens is 3. The number of sulfonamides is 1. The fourth-order valence-corrected chi connectivity index (χ4v) is 3.83. The van der Waals surface area contributed by atoms with Crippen molar-refractivity contribution in [2.75, 3.05) is 13.2 Å². The van der Waals surface area contributed by atoms with Crippen LogP contribution < -0.4 is 20.7 Å². The number of aryl methyl sites for hydroxylation is 1. The summed E-state index contributed by atoms with van der Waals surface area (Å²) in [5.74, 6) is 0.484. The summed E-state index contributed by atoms with van der Waals surface area (Å²) in [6.07, 6.45) is 2.18. The summed E-state index contributed by atoms with van der Waals surface area (Å²) in [5.41, 5.74) is -0.951. The first-order valence-electron chi connectivity index (χ1n) is 7.86. The molecule has 0 aromatic carbocycles. The summed E-state index contributed by atoms with van der Waals surface area (Å²) < 4.78 is 38.7. The van der Waals surface area contributed by atoms with E-state index in [0.717, 1.165) is 11.9 Å². The lowest BCUT2D eigenvalue weighted by molar-refractivity contribution is -0.00941. The molecule has 2 aromatic heterocycles. The normalized spacial score (nSPS) is 20.7. The third-order valence-electron chi connectivity index (χ3n) is 3.86. The summed E-state index contributed by atoms with van der Waals surface area (Å²) in [5, 5.41) is 0. The minimum Gasteiger partial charge on any atom is -0.485 e. The molecule has 0 radical (unpaired) electrons. The first kappa shape index (κ1) is 18.3. The molecule has 26 heavy (non-hydrogen) atoms. The summed E-state index contributed by atoms with van der Waals surface area (Å²) in [6, 6.07) is 2.90. The highest BCUT2D eigenvalue weighted by molar-refractivity contribution is 7.89. The van der Waals surface area contributed by atoms with Gasteiger partial charge in [0.2, 0.25) is 10.0 Å². The highest BCUT2D eigenvalue weighted by atomic mass is 32.2. The summed E-state index contributed by atoms with van der Waals surface area (Å²) in [4.78, 5) is 30.4. The number of nitrogens with one attached hydrogen (secondary N) is 3. The molecule has 3 heterocycles. The summed E-state index contributed by atoms with van der Waals surface area (Å²) in [7, 11) is -4.15. The van der Waals surface area contributed by atoms with Crippen LogP contribution in [0, 0.1) is 6.92 Å². The van der Waals surface area contributed by atoms with Gasteiger partial charge in [-0.2, -0.15) is 0 Å². The first-order chi connectivity index (χ1) is 12.3. The van der Waals surface area contributed by atoms with Crippen LogP contribution in [0.4, 0.5) is 0 Å². The van der Waals surface area contributed by atoms with Crippen LogP contribution in [0.2, 0.25) is 0 Å². The van der Waals surface area contributed by atoms with Gasteiger partial charge >= 0.3 is 5.69 Å². The van der Waals surface area contributed by atoms with Crippen molar-refractivity contribution in [3.8, 4) is 5.75 Å². The van der Waals surface area contributed by atoms with Gasteiger partial charge in [0, 0.05) is 18.5 Å². The van der Waals surface area contributed by atoms with Crippen LogP contribution in [-0.4, -0.2) is 48.7 Å². The molecule has 1 saturated heterocycles. The zero-order valence-corrected chi connectivity index (χ0v) is 14.7. The lowest BCUT2D eigenvalue weighted by atomic mass is 10.1. The Hall–Kier alpha value is -2.50. The third kappa shape index (κ3) is 4.18. The molecule has 1 aliphatic rings. The SMILES string of the molecule is Cc1ccc(O[C@H]2COCC[C@H]2NS(=O)(=O)c2c[nH]c(=O)[nH]c2=O)cn1. The van der Waals surface area contributed by atoms with E-state index >= 15 is 0 Å². The average Bonchev–Trinajstić information content (AvgIpc) is 2.58. The number of ether oxygens (including phenoxy) is 2. The van der Waals surface area contributed by atoms with Gasteiger partial charge in [0.1, 0.15) is 11.9 Å². The molecule has 2 atom stereocenters. The van der Waals surface area contributed by atoms with Gasteiger partial charge in [-0.15, -0.1) is 0 Å². The van der Waals surface area contributed by atoms with E-state index in [1.54, 1.807) is 18.3 Å². The van der Waals surface area contributed by atoms with Crippen molar-refractivity contribution in [3.05, 3.63) is 51.1 Å². The standard InChI is InChI=1S/C15H18N4O6S/c1-9-2-3-10(6-16-9)25-12-8-24-5-4-11(12)19-26(22,23)13-7-17-15(21)18-14(13)20/h2-3,6-7,11-12,19H,4-5,8H2,1H3,(H2,17,18,20,21)/t11-,12+/m1/s1. The molecule has 1 fully saturated rings. The Morgan fingerprint density at radius 2 is 2.15 bits per heavy atom. The summed E-state index contributed by atoms with van der Waals surface area (Å²) >= 11 is 0. The van der Waals surface area contributed by atoms with E-state index in [2.05, 4.69) is 14.7 Å².